The highest BCUT2D eigenvalue weighted by Gasteiger charge is 2.15. The maximum Gasteiger partial charge on any atom is 0.181 e. The van der Waals surface area contributed by atoms with Crippen molar-refractivity contribution < 1.29 is 17.5 Å². The molecule has 0 amide bonds. The van der Waals surface area contributed by atoms with Crippen LogP contribution in [0.15, 0.2) is 78.0 Å². The van der Waals surface area contributed by atoms with Gasteiger partial charge in [-0.3, -0.25) is 0 Å². The summed E-state index contributed by atoms with van der Waals surface area (Å²) < 4.78 is 39.8. The second-order valence-corrected chi connectivity index (χ2v) is 8.70. The van der Waals surface area contributed by atoms with Gasteiger partial charge in [-0.05, 0) is 42.0 Å². The third-order valence-corrected chi connectivity index (χ3v) is 5.76. The molecule has 2 aromatic heterocycles. The van der Waals surface area contributed by atoms with Crippen molar-refractivity contribution in [2.45, 2.75) is 11.4 Å². The number of aromatic nitrogens is 2. The Morgan fingerprint density at radius 3 is 2.32 bits per heavy atom. The topological polar surface area (TPSA) is 66.0 Å². The lowest BCUT2D eigenvalue weighted by Crippen LogP contribution is -2.23. The van der Waals surface area contributed by atoms with Crippen LogP contribution < -0.4 is 4.73 Å². The van der Waals surface area contributed by atoms with E-state index in [4.69, 9.17) is 0 Å². The lowest BCUT2D eigenvalue weighted by atomic mass is 10.1. The van der Waals surface area contributed by atoms with Crippen LogP contribution in [0.2, 0.25) is 0 Å². The summed E-state index contributed by atoms with van der Waals surface area (Å²) in [4.78, 5) is 0.246. The van der Waals surface area contributed by atoms with Gasteiger partial charge in [0.15, 0.2) is 22.2 Å². The van der Waals surface area contributed by atoms with Crippen LogP contribution in [-0.2, 0) is 16.4 Å². The van der Waals surface area contributed by atoms with E-state index in [2.05, 4.69) is 0 Å². The van der Waals surface area contributed by atoms with E-state index in [1.165, 1.54) is 30.8 Å². The molecule has 28 heavy (non-hydrogen) atoms. The van der Waals surface area contributed by atoms with Crippen LogP contribution >= 0.6 is 0 Å². The Morgan fingerprint density at radius 2 is 1.68 bits per heavy atom. The minimum atomic E-state index is -3.33. The zero-order chi connectivity index (χ0) is 19.9. The first-order valence-corrected chi connectivity index (χ1v) is 10.5. The summed E-state index contributed by atoms with van der Waals surface area (Å²) in [5.74, 6) is -0.304. The van der Waals surface area contributed by atoms with Crippen LogP contribution in [0.4, 0.5) is 4.39 Å². The van der Waals surface area contributed by atoms with Gasteiger partial charge in [0.2, 0.25) is 0 Å². The van der Waals surface area contributed by atoms with Gasteiger partial charge in [0.05, 0.1) is 4.90 Å². The summed E-state index contributed by atoms with van der Waals surface area (Å²) in [7, 11) is -3.33. The third kappa shape index (κ3) is 3.48. The van der Waals surface area contributed by atoms with Gasteiger partial charge in [-0.1, -0.05) is 12.1 Å². The van der Waals surface area contributed by atoms with Gasteiger partial charge < -0.3 is 9.77 Å². The number of sulfone groups is 1. The molecule has 0 atom stereocenters. The zero-order valence-corrected chi connectivity index (χ0v) is 15.9. The van der Waals surface area contributed by atoms with Crippen molar-refractivity contribution in [1.82, 2.24) is 4.57 Å². The fraction of sp³-hybridized carbons (Fsp3) is 0.0952. The fourth-order valence-corrected chi connectivity index (χ4v) is 3.90. The Labute approximate surface area is 161 Å². The van der Waals surface area contributed by atoms with Crippen LogP contribution in [0.5, 0.6) is 0 Å². The second kappa shape index (κ2) is 6.76. The minimum absolute atomic E-state index is 0.246. The quantitative estimate of drug-likeness (QED) is 0.392. The highest BCUT2D eigenvalue weighted by Crippen LogP contribution is 2.30. The molecule has 7 heteroatoms. The number of rotatable bonds is 4. The molecule has 0 spiro atoms. The summed E-state index contributed by atoms with van der Waals surface area (Å²) in [6.07, 6.45) is 4.00. The average molecular weight is 396 g/mol. The molecule has 142 valence electrons. The molecule has 0 unspecified atom stereocenters. The van der Waals surface area contributed by atoms with E-state index in [1.54, 1.807) is 42.5 Å². The first kappa shape index (κ1) is 18.2. The second-order valence-electron chi connectivity index (χ2n) is 6.68. The van der Waals surface area contributed by atoms with Gasteiger partial charge in [-0.2, -0.15) is 4.73 Å². The Morgan fingerprint density at radius 1 is 1.00 bits per heavy atom. The van der Waals surface area contributed by atoms with Crippen molar-refractivity contribution in [3.63, 3.8) is 0 Å². The van der Waals surface area contributed by atoms with Crippen molar-refractivity contribution >= 4 is 20.7 Å². The molecule has 0 saturated carbocycles. The molecular weight excluding hydrogens is 379 g/mol. The van der Waals surface area contributed by atoms with Gasteiger partial charge in [-0.25, -0.2) is 12.8 Å². The fourth-order valence-electron chi connectivity index (χ4n) is 3.25. The highest BCUT2D eigenvalue weighted by molar-refractivity contribution is 7.90. The first-order chi connectivity index (χ1) is 13.3. The molecule has 0 aliphatic heterocycles. The molecular formula is C21H17FN2O3S. The maximum absolute atomic E-state index is 13.3. The molecule has 0 aliphatic rings. The van der Waals surface area contributed by atoms with Crippen molar-refractivity contribution in [1.29, 1.82) is 0 Å². The molecule has 2 aromatic carbocycles. The van der Waals surface area contributed by atoms with Gasteiger partial charge >= 0.3 is 0 Å². The molecule has 0 aliphatic carbocycles. The Balaban J connectivity index is 1.91. The number of hydrogen-bond donors (Lipinski definition) is 0. The number of benzene rings is 2. The van der Waals surface area contributed by atoms with E-state index in [0.717, 1.165) is 27.7 Å². The van der Waals surface area contributed by atoms with Crippen LogP contribution in [0, 0.1) is 11.0 Å². The highest BCUT2D eigenvalue weighted by atomic mass is 32.2. The summed E-state index contributed by atoms with van der Waals surface area (Å²) in [5.41, 5.74) is 3.42. The Kier molecular flexibility index (Phi) is 4.39. The third-order valence-electron chi connectivity index (χ3n) is 4.65. The monoisotopic (exact) mass is 396 g/mol. The maximum atomic E-state index is 13.3. The lowest BCUT2D eigenvalue weighted by molar-refractivity contribution is -0.605. The summed E-state index contributed by atoms with van der Waals surface area (Å²) >= 11 is 0. The molecule has 0 fully saturated rings. The number of pyridine rings is 1. The molecule has 4 rings (SSSR count). The number of halogens is 1. The SMILES string of the molecule is CS(=O)(=O)c1ccc2c(c1)cc(-c1cc[n+]([O-])cc1)n2Cc1ccc(F)cc1. The zero-order valence-electron chi connectivity index (χ0n) is 15.0. The predicted octanol–water partition coefficient (Wildman–Crippen LogP) is 3.53. The Bertz CT molecular complexity index is 1260. The van der Waals surface area contributed by atoms with Crippen LogP contribution in [0.1, 0.15) is 5.56 Å². The van der Waals surface area contributed by atoms with Gasteiger partial charge in [-0.15, -0.1) is 0 Å². The Hall–Kier alpha value is -3.19. The molecule has 0 N–H and O–H groups in total. The molecule has 0 bridgehead atoms. The smallest absolute Gasteiger partial charge is 0.181 e. The van der Waals surface area contributed by atoms with Crippen molar-refractivity contribution in [2.75, 3.05) is 6.26 Å². The summed E-state index contributed by atoms with van der Waals surface area (Å²) in [6.45, 7) is 0.476. The van der Waals surface area contributed by atoms with E-state index < -0.39 is 9.84 Å². The number of nitrogens with zero attached hydrogens (tertiary/aromatic N) is 2. The van der Waals surface area contributed by atoms with E-state index in [9.17, 15) is 18.0 Å². The minimum Gasteiger partial charge on any atom is -0.619 e. The molecule has 0 saturated heterocycles. The van der Waals surface area contributed by atoms with Crippen molar-refractivity contribution in [3.05, 3.63) is 89.6 Å². The molecule has 2 heterocycles. The molecule has 5 nitrogen and oxygen atoms in total. The summed E-state index contributed by atoms with van der Waals surface area (Å²) in [5, 5.41) is 12.2. The predicted molar refractivity (Wildman–Crippen MR) is 105 cm³/mol. The normalized spacial score (nSPS) is 11.8. The summed E-state index contributed by atoms with van der Waals surface area (Å²) in [6, 6.07) is 16.6. The van der Waals surface area contributed by atoms with Gasteiger partial charge in [0.1, 0.15) is 5.82 Å². The number of hydrogen-bond acceptors (Lipinski definition) is 3. The van der Waals surface area contributed by atoms with Crippen molar-refractivity contribution in [3.8, 4) is 11.3 Å². The lowest BCUT2D eigenvalue weighted by Gasteiger charge is -2.11. The number of fused-ring (bicyclic) bond motifs is 1. The molecule has 0 radical (unpaired) electrons. The molecule has 4 aromatic rings. The van der Waals surface area contributed by atoms with Crippen LogP contribution in [0.25, 0.3) is 22.2 Å². The largest absolute Gasteiger partial charge is 0.619 e. The average Bonchev–Trinajstić information content (AvgIpc) is 3.01. The standard InChI is InChI=1S/C21H17FN2O3S/c1-28(26,27)19-6-7-20-17(12-19)13-21(16-8-10-23(25)11-9-16)24(20)14-15-2-4-18(22)5-3-15/h2-13H,14H2,1H3. The van der Waals surface area contributed by atoms with E-state index in [0.29, 0.717) is 11.3 Å². The first-order valence-electron chi connectivity index (χ1n) is 8.58. The van der Waals surface area contributed by atoms with Gasteiger partial charge in [0.25, 0.3) is 0 Å². The van der Waals surface area contributed by atoms with Crippen LogP contribution in [-0.4, -0.2) is 19.2 Å². The van der Waals surface area contributed by atoms with E-state index >= 15 is 0 Å². The van der Waals surface area contributed by atoms with E-state index in [1.807, 2.05) is 10.6 Å². The van der Waals surface area contributed by atoms with Gasteiger partial charge in [0, 0.05) is 47.1 Å². The van der Waals surface area contributed by atoms with Crippen LogP contribution in [0.3, 0.4) is 0 Å². The van der Waals surface area contributed by atoms with Crippen molar-refractivity contribution in [2.24, 2.45) is 0 Å². The van der Waals surface area contributed by atoms with E-state index in [-0.39, 0.29) is 10.7 Å².